The second-order valence-electron chi connectivity index (χ2n) is 7.63. The first kappa shape index (κ1) is 22.8. The van der Waals surface area contributed by atoms with E-state index in [4.69, 9.17) is 22.2 Å². The molecule has 0 spiro atoms. The number of rotatable bonds is 5. The molecule has 0 atom stereocenters. The Bertz CT molecular complexity index is 1380. The maximum Gasteiger partial charge on any atom is 0.171 e. The van der Waals surface area contributed by atoms with E-state index in [2.05, 4.69) is 22.3 Å². The number of benzene rings is 4. The Balaban J connectivity index is 1.61. The van der Waals surface area contributed by atoms with Gasteiger partial charge < -0.3 is 5.32 Å². The van der Waals surface area contributed by atoms with Crippen molar-refractivity contribution in [2.75, 3.05) is 10.2 Å². The molecule has 5 rings (SSSR count). The summed E-state index contributed by atoms with van der Waals surface area (Å²) >= 11 is 7.26. The van der Waals surface area contributed by atoms with E-state index < -0.39 is 0 Å². The average Bonchev–Trinajstić information content (AvgIpc) is 3.22. The highest BCUT2D eigenvalue weighted by molar-refractivity contribution is 8.20. The molecular weight excluding hydrogens is 468 g/mol. The maximum atomic E-state index is 5.71. The summed E-state index contributed by atoms with van der Waals surface area (Å²) in [6.07, 6.45) is 1.97. The number of anilines is 2. The molecule has 6 heteroatoms. The van der Waals surface area contributed by atoms with Crippen molar-refractivity contribution in [3.63, 3.8) is 0 Å². The molecule has 0 unspecified atom stereocenters. The van der Waals surface area contributed by atoms with Crippen molar-refractivity contribution in [3.8, 4) is 0 Å². The van der Waals surface area contributed by atoms with Crippen LogP contribution in [0.1, 0.15) is 0 Å². The first-order valence-electron chi connectivity index (χ1n) is 11.1. The Morgan fingerprint density at radius 3 is 1.80 bits per heavy atom. The minimum absolute atomic E-state index is 0.611. The number of thioether (sulfide) groups is 1. The van der Waals surface area contributed by atoms with E-state index >= 15 is 0 Å². The van der Waals surface area contributed by atoms with Gasteiger partial charge in [-0.2, -0.15) is 0 Å². The maximum absolute atomic E-state index is 5.71. The number of nitrogens with zero attached hydrogens (tertiary/aromatic N) is 3. The van der Waals surface area contributed by atoms with Gasteiger partial charge in [-0.05, 0) is 60.3 Å². The van der Waals surface area contributed by atoms with E-state index in [9.17, 15) is 0 Å². The van der Waals surface area contributed by atoms with Crippen molar-refractivity contribution in [2.45, 2.75) is 0 Å². The largest absolute Gasteiger partial charge is 0.347 e. The number of nitrogens with one attached hydrogen (secondary N) is 1. The number of amidine groups is 1. The van der Waals surface area contributed by atoms with Gasteiger partial charge in [0.1, 0.15) is 10.0 Å². The van der Waals surface area contributed by atoms with Gasteiger partial charge in [0.15, 0.2) is 5.84 Å². The van der Waals surface area contributed by atoms with Crippen molar-refractivity contribution in [1.82, 2.24) is 0 Å². The number of hydrogen-bond donors (Lipinski definition) is 1. The van der Waals surface area contributed by atoms with Crippen LogP contribution in [-0.4, -0.2) is 15.9 Å². The molecule has 0 radical (unpaired) electrons. The minimum atomic E-state index is 0.611. The summed E-state index contributed by atoms with van der Waals surface area (Å²) in [5, 5.41) is 5.03. The molecule has 0 bridgehead atoms. The molecule has 4 nitrogen and oxygen atoms in total. The van der Waals surface area contributed by atoms with E-state index in [0.717, 1.165) is 38.7 Å². The van der Waals surface area contributed by atoms with Crippen LogP contribution in [0.5, 0.6) is 0 Å². The van der Waals surface area contributed by atoms with Gasteiger partial charge in [-0.1, -0.05) is 85.0 Å². The minimum Gasteiger partial charge on any atom is -0.347 e. The van der Waals surface area contributed by atoms with Crippen molar-refractivity contribution in [2.24, 2.45) is 9.98 Å². The van der Waals surface area contributed by atoms with Crippen LogP contribution in [-0.2, 0) is 0 Å². The summed E-state index contributed by atoms with van der Waals surface area (Å²) in [5.74, 6) is 0.755. The van der Waals surface area contributed by atoms with Crippen molar-refractivity contribution < 1.29 is 0 Å². The Kier molecular flexibility index (Phi) is 7.13. The fourth-order valence-electron chi connectivity index (χ4n) is 3.54. The molecule has 4 aromatic rings. The number of hydrogen-bond acceptors (Lipinski definition) is 4. The lowest BCUT2D eigenvalue weighted by molar-refractivity contribution is 1.33. The standard InChI is InChI=1S/C29H22N4S2/c34-26(30-22-13-5-1-6-14-22)21-27-33(25-19-11-4-12-20-25)28(31-23-15-7-2-8-16-23)29(35-27)32-24-17-9-3-10-18-24/h1-21H,(H,30,34)/b27-21+,31-28?,32-29?. The first-order chi connectivity index (χ1) is 17.3. The zero-order valence-electron chi connectivity index (χ0n) is 18.8. The van der Waals surface area contributed by atoms with Crippen LogP contribution < -0.4 is 10.2 Å². The molecule has 0 amide bonds. The van der Waals surface area contributed by atoms with Crippen LogP contribution >= 0.6 is 24.0 Å². The topological polar surface area (TPSA) is 40.0 Å². The molecule has 1 aliphatic heterocycles. The van der Waals surface area contributed by atoms with Gasteiger partial charge in [0, 0.05) is 17.5 Å². The van der Waals surface area contributed by atoms with Crippen LogP contribution in [0.3, 0.4) is 0 Å². The third kappa shape index (κ3) is 5.74. The zero-order valence-corrected chi connectivity index (χ0v) is 20.4. The Morgan fingerprint density at radius 1 is 0.686 bits per heavy atom. The van der Waals surface area contributed by atoms with Crippen LogP contribution in [0.2, 0.25) is 0 Å². The molecule has 170 valence electrons. The molecule has 1 saturated heterocycles. The Morgan fingerprint density at radius 2 is 1.20 bits per heavy atom. The third-order valence-corrected chi connectivity index (χ3v) is 6.31. The van der Waals surface area contributed by atoms with Crippen molar-refractivity contribution in [1.29, 1.82) is 0 Å². The highest BCUT2D eigenvalue weighted by Gasteiger charge is 2.33. The van der Waals surface area contributed by atoms with Crippen LogP contribution in [0.25, 0.3) is 0 Å². The predicted molar refractivity (Wildman–Crippen MR) is 154 cm³/mol. The van der Waals surface area contributed by atoms with Gasteiger partial charge in [-0.15, -0.1) is 0 Å². The summed E-state index contributed by atoms with van der Waals surface area (Å²) in [6.45, 7) is 0. The predicted octanol–water partition coefficient (Wildman–Crippen LogP) is 7.98. The average molecular weight is 491 g/mol. The van der Waals surface area contributed by atoms with Crippen LogP contribution in [0.4, 0.5) is 22.7 Å². The molecule has 1 heterocycles. The Labute approximate surface area is 214 Å². The lowest BCUT2D eigenvalue weighted by Gasteiger charge is -2.20. The number of para-hydroxylation sites is 4. The lowest BCUT2D eigenvalue weighted by Crippen LogP contribution is -2.27. The van der Waals surface area contributed by atoms with Gasteiger partial charge in [0.25, 0.3) is 0 Å². The van der Waals surface area contributed by atoms with E-state index in [1.54, 1.807) is 11.8 Å². The smallest absolute Gasteiger partial charge is 0.171 e. The zero-order chi connectivity index (χ0) is 23.9. The second kappa shape index (κ2) is 11.0. The molecular formula is C29H22N4S2. The fraction of sp³-hybridized carbons (Fsp3) is 0. The summed E-state index contributed by atoms with van der Waals surface area (Å²) in [5.41, 5.74) is 3.66. The molecule has 1 N–H and O–H groups in total. The second-order valence-corrected chi connectivity index (χ2v) is 9.08. The number of thiocarbonyl (C=S) groups is 1. The van der Waals surface area contributed by atoms with E-state index in [0.29, 0.717) is 4.99 Å². The molecule has 35 heavy (non-hydrogen) atoms. The van der Waals surface area contributed by atoms with Crippen molar-refractivity contribution >= 4 is 62.6 Å². The SMILES string of the molecule is S=C(/C=C1/SC(=Nc2ccccc2)C(=Nc2ccccc2)N1c1ccccc1)Nc1ccccc1. The fourth-order valence-corrected chi connectivity index (χ4v) is 4.88. The van der Waals surface area contributed by atoms with Crippen LogP contribution in [0.15, 0.2) is 142 Å². The summed E-state index contributed by atoms with van der Waals surface area (Å²) in [4.78, 5) is 12.7. The molecule has 0 saturated carbocycles. The molecule has 4 aromatic carbocycles. The summed E-state index contributed by atoms with van der Waals surface area (Å²) in [6, 6.07) is 40.0. The van der Waals surface area contributed by atoms with E-state index in [-0.39, 0.29) is 0 Å². The van der Waals surface area contributed by atoms with Gasteiger partial charge in [-0.3, -0.25) is 4.90 Å². The summed E-state index contributed by atoms with van der Waals surface area (Å²) < 4.78 is 0. The van der Waals surface area contributed by atoms with Crippen LogP contribution in [0, 0.1) is 0 Å². The molecule has 0 aliphatic carbocycles. The Hall–Kier alpha value is -4.00. The lowest BCUT2D eigenvalue weighted by atomic mass is 10.2. The normalized spacial score (nSPS) is 16.7. The van der Waals surface area contributed by atoms with Gasteiger partial charge in [-0.25, -0.2) is 9.98 Å². The molecule has 0 aromatic heterocycles. The molecule has 1 fully saturated rings. The van der Waals surface area contributed by atoms with Gasteiger partial charge in [0.2, 0.25) is 0 Å². The summed E-state index contributed by atoms with van der Waals surface area (Å²) in [7, 11) is 0. The van der Waals surface area contributed by atoms with Gasteiger partial charge in [0.05, 0.1) is 16.4 Å². The number of aliphatic imine (C=N–C) groups is 2. The van der Waals surface area contributed by atoms with E-state index in [1.807, 2.05) is 115 Å². The van der Waals surface area contributed by atoms with E-state index in [1.165, 1.54) is 0 Å². The monoisotopic (exact) mass is 490 g/mol. The highest BCUT2D eigenvalue weighted by Crippen LogP contribution is 2.38. The van der Waals surface area contributed by atoms with Crippen molar-refractivity contribution in [3.05, 3.63) is 132 Å². The molecule has 1 aliphatic rings. The first-order valence-corrected chi connectivity index (χ1v) is 12.4. The third-order valence-electron chi connectivity index (χ3n) is 5.11. The van der Waals surface area contributed by atoms with Gasteiger partial charge >= 0.3 is 0 Å². The highest BCUT2D eigenvalue weighted by atomic mass is 32.2. The quantitative estimate of drug-likeness (QED) is 0.227.